The summed E-state index contributed by atoms with van der Waals surface area (Å²) >= 11 is 3.42. The van der Waals surface area contributed by atoms with Crippen LogP contribution in [0.15, 0.2) is 28.7 Å². The second kappa shape index (κ2) is 11.3. The third kappa shape index (κ3) is 9.15. The SMILES string of the molecule is CC(C)(C)OC(=O)NCC(=O)NCC1CCN(C(=O)CCc2ccc(Br)cc2)CC1. The number of hydrogen-bond donors (Lipinski definition) is 2. The molecule has 1 aliphatic rings. The number of alkyl carbamates (subject to hydrolysis) is 1. The average molecular weight is 482 g/mol. The lowest BCUT2D eigenvalue weighted by Crippen LogP contribution is -2.44. The maximum Gasteiger partial charge on any atom is 0.408 e. The first kappa shape index (κ1) is 24.2. The summed E-state index contributed by atoms with van der Waals surface area (Å²) in [5, 5.41) is 5.30. The van der Waals surface area contributed by atoms with Crippen LogP contribution in [0.5, 0.6) is 0 Å². The van der Waals surface area contributed by atoms with E-state index in [1.807, 2.05) is 29.2 Å². The maximum atomic E-state index is 12.5. The minimum absolute atomic E-state index is 0.109. The van der Waals surface area contributed by atoms with E-state index >= 15 is 0 Å². The van der Waals surface area contributed by atoms with Gasteiger partial charge in [0.1, 0.15) is 5.60 Å². The van der Waals surface area contributed by atoms with Gasteiger partial charge in [-0.05, 0) is 63.6 Å². The van der Waals surface area contributed by atoms with Gasteiger partial charge in [0.05, 0.1) is 6.54 Å². The number of benzene rings is 1. The molecule has 2 rings (SSSR count). The number of piperidine rings is 1. The number of hydrogen-bond acceptors (Lipinski definition) is 4. The summed E-state index contributed by atoms with van der Waals surface area (Å²) in [7, 11) is 0. The Bertz CT molecular complexity index is 723. The zero-order valence-corrected chi connectivity index (χ0v) is 19.6. The van der Waals surface area contributed by atoms with Crippen molar-refractivity contribution in [2.45, 2.75) is 52.1 Å². The number of aryl methyl sites for hydroxylation is 1. The minimum Gasteiger partial charge on any atom is -0.444 e. The zero-order chi connectivity index (χ0) is 22.1. The fourth-order valence-electron chi connectivity index (χ4n) is 3.23. The van der Waals surface area contributed by atoms with Gasteiger partial charge >= 0.3 is 6.09 Å². The second-order valence-corrected chi connectivity index (χ2v) is 9.53. The average Bonchev–Trinajstić information content (AvgIpc) is 2.69. The Labute approximate surface area is 187 Å². The van der Waals surface area contributed by atoms with Crippen molar-refractivity contribution in [2.75, 3.05) is 26.2 Å². The number of nitrogens with one attached hydrogen (secondary N) is 2. The van der Waals surface area contributed by atoms with Gasteiger partial charge in [0.25, 0.3) is 0 Å². The fourth-order valence-corrected chi connectivity index (χ4v) is 3.50. The van der Waals surface area contributed by atoms with Gasteiger partial charge in [0.2, 0.25) is 11.8 Å². The van der Waals surface area contributed by atoms with Crippen LogP contribution in [0.4, 0.5) is 4.79 Å². The normalized spacial score (nSPS) is 14.9. The van der Waals surface area contributed by atoms with Crippen LogP contribution in [-0.4, -0.2) is 54.6 Å². The molecule has 3 amide bonds. The lowest BCUT2D eigenvalue weighted by Gasteiger charge is -2.32. The van der Waals surface area contributed by atoms with Crippen LogP contribution < -0.4 is 10.6 Å². The van der Waals surface area contributed by atoms with Gasteiger partial charge in [-0.15, -0.1) is 0 Å². The third-order valence-corrected chi connectivity index (χ3v) is 5.42. The van der Waals surface area contributed by atoms with E-state index in [9.17, 15) is 14.4 Å². The first-order valence-corrected chi connectivity index (χ1v) is 11.2. The van der Waals surface area contributed by atoms with Crippen molar-refractivity contribution in [3.8, 4) is 0 Å². The minimum atomic E-state index is -0.604. The second-order valence-electron chi connectivity index (χ2n) is 8.61. The number of ether oxygens (including phenoxy) is 1. The van der Waals surface area contributed by atoms with E-state index in [0.29, 0.717) is 18.9 Å². The van der Waals surface area contributed by atoms with Gasteiger partial charge in [-0.25, -0.2) is 4.79 Å². The Hall–Kier alpha value is -2.09. The number of rotatable bonds is 7. The summed E-state index contributed by atoms with van der Waals surface area (Å²) in [6, 6.07) is 8.04. The van der Waals surface area contributed by atoms with Crippen molar-refractivity contribution in [3.63, 3.8) is 0 Å². The number of halogens is 1. The Morgan fingerprint density at radius 3 is 2.33 bits per heavy atom. The summed E-state index contributed by atoms with van der Waals surface area (Å²) < 4.78 is 6.14. The largest absolute Gasteiger partial charge is 0.444 e. The van der Waals surface area contributed by atoms with E-state index in [4.69, 9.17) is 4.74 Å². The van der Waals surface area contributed by atoms with E-state index in [1.165, 1.54) is 0 Å². The Kier molecular flexibility index (Phi) is 9.14. The van der Waals surface area contributed by atoms with Crippen molar-refractivity contribution in [3.05, 3.63) is 34.3 Å². The van der Waals surface area contributed by atoms with E-state index in [-0.39, 0.29) is 18.4 Å². The first-order chi connectivity index (χ1) is 14.1. The molecule has 0 atom stereocenters. The molecule has 0 aromatic heterocycles. The number of nitrogens with zero attached hydrogens (tertiary/aromatic N) is 1. The predicted molar refractivity (Wildman–Crippen MR) is 119 cm³/mol. The molecule has 1 fully saturated rings. The quantitative estimate of drug-likeness (QED) is 0.625. The van der Waals surface area contributed by atoms with Crippen LogP contribution in [0.1, 0.15) is 45.6 Å². The molecule has 166 valence electrons. The lowest BCUT2D eigenvalue weighted by atomic mass is 9.96. The van der Waals surface area contributed by atoms with Crippen LogP contribution in [0.3, 0.4) is 0 Å². The van der Waals surface area contributed by atoms with Crippen molar-refractivity contribution in [1.82, 2.24) is 15.5 Å². The highest BCUT2D eigenvalue weighted by atomic mass is 79.9. The summed E-state index contributed by atoms with van der Waals surface area (Å²) in [6.45, 7) is 7.18. The van der Waals surface area contributed by atoms with Crippen LogP contribution >= 0.6 is 15.9 Å². The number of amides is 3. The summed E-state index contributed by atoms with van der Waals surface area (Å²) in [4.78, 5) is 37.9. The molecule has 0 aliphatic carbocycles. The Balaban J connectivity index is 1.60. The molecule has 0 unspecified atom stereocenters. The Morgan fingerprint density at radius 2 is 1.73 bits per heavy atom. The number of carbonyl (C=O) groups is 3. The molecule has 1 aromatic rings. The van der Waals surface area contributed by atoms with E-state index in [0.717, 1.165) is 42.4 Å². The highest BCUT2D eigenvalue weighted by molar-refractivity contribution is 9.10. The molecule has 8 heteroatoms. The molecular weight excluding hydrogens is 450 g/mol. The molecule has 1 heterocycles. The lowest BCUT2D eigenvalue weighted by molar-refractivity contribution is -0.132. The molecule has 30 heavy (non-hydrogen) atoms. The highest BCUT2D eigenvalue weighted by Gasteiger charge is 2.23. The monoisotopic (exact) mass is 481 g/mol. The van der Waals surface area contributed by atoms with Crippen LogP contribution in [0.2, 0.25) is 0 Å². The molecule has 0 spiro atoms. The summed E-state index contributed by atoms with van der Waals surface area (Å²) in [5.74, 6) is 0.279. The molecular formula is C22H32BrN3O4. The smallest absolute Gasteiger partial charge is 0.408 e. The van der Waals surface area contributed by atoms with Crippen molar-refractivity contribution in [1.29, 1.82) is 0 Å². The molecule has 0 radical (unpaired) electrons. The van der Waals surface area contributed by atoms with E-state index in [1.54, 1.807) is 20.8 Å². The number of carbonyl (C=O) groups excluding carboxylic acids is 3. The van der Waals surface area contributed by atoms with Crippen molar-refractivity contribution < 1.29 is 19.1 Å². The summed E-state index contributed by atoms with van der Waals surface area (Å²) in [5.41, 5.74) is 0.564. The molecule has 2 N–H and O–H groups in total. The van der Waals surface area contributed by atoms with E-state index < -0.39 is 11.7 Å². The van der Waals surface area contributed by atoms with Crippen molar-refractivity contribution >= 4 is 33.8 Å². The van der Waals surface area contributed by atoms with Crippen LogP contribution in [0, 0.1) is 5.92 Å². The molecule has 1 aliphatic heterocycles. The molecule has 0 bridgehead atoms. The van der Waals surface area contributed by atoms with E-state index in [2.05, 4.69) is 26.6 Å². The summed E-state index contributed by atoms with van der Waals surface area (Å²) in [6.07, 6.45) is 2.38. The maximum absolute atomic E-state index is 12.5. The van der Waals surface area contributed by atoms with Crippen LogP contribution in [0.25, 0.3) is 0 Å². The van der Waals surface area contributed by atoms with Gasteiger partial charge in [-0.3, -0.25) is 9.59 Å². The fraction of sp³-hybridized carbons (Fsp3) is 0.591. The standard InChI is InChI=1S/C22H32BrN3O4/c1-22(2,3)30-21(29)25-15-19(27)24-14-17-10-12-26(13-11-17)20(28)9-6-16-4-7-18(23)8-5-16/h4-5,7-8,17H,6,9-15H2,1-3H3,(H,24,27)(H,25,29). The zero-order valence-electron chi connectivity index (χ0n) is 18.0. The molecule has 1 saturated heterocycles. The predicted octanol–water partition coefficient (Wildman–Crippen LogP) is 3.26. The van der Waals surface area contributed by atoms with Gasteiger partial charge in [-0.1, -0.05) is 28.1 Å². The number of likely N-dealkylation sites (tertiary alicyclic amines) is 1. The molecule has 7 nitrogen and oxygen atoms in total. The third-order valence-electron chi connectivity index (χ3n) is 4.89. The van der Waals surface area contributed by atoms with Gasteiger partial charge in [-0.2, -0.15) is 0 Å². The highest BCUT2D eigenvalue weighted by Crippen LogP contribution is 2.18. The topological polar surface area (TPSA) is 87.7 Å². The van der Waals surface area contributed by atoms with Gasteiger partial charge in [0.15, 0.2) is 0 Å². The molecule has 1 aromatic carbocycles. The Morgan fingerprint density at radius 1 is 1.10 bits per heavy atom. The van der Waals surface area contributed by atoms with Gasteiger partial charge < -0.3 is 20.3 Å². The first-order valence-electron chi connectivity index (χ1n) is 10.4. The van der Waals surface area contributed by atoms with Gasteiger partial charge in [0, 0.05) is 30.5 Å². The molecule has 0 saturated carbocycles. The van der Waals surface area contributed by atoms with Crippen molar-refractivity contribution in [2.24, 2.45) is 5.92 Å². The van der Waals surface area contributed by atoms with Crippen LogP contribution in [-0.2, 0) is 20.7 Å².